The monoisotopic (exact) mass is 810 g/mol. The molecule has 2 N–H and O–H groups in total. The van der Waals surface area contributed by atoms with E-state index in [1.807, 2.05) is 26.0 Å². The Morgan fingerprint density at radius 1 is 0.593 bits per heavy atom. The summed E-state index contributed by atoms with van der Waals surface area (Å²) in [5.41, 5.74) is 4.92. The first-order valence-electron chi connectivity index (χ1n) is 15.7. The minimum absolute atomic E-state index is 0.0351. The van der Waals surface area contributed by atoms with Gasteiger partial charge in [0.25, 0.3) is 32.1 Å². The Kier molecular flexibility index (Phi) is 10.4. The standard InChI is InChI=1S/C34H28Cl2N8O8S2/c1-17-13-21(37-39-31-19(3)41-43(33(31)45)29-15-23(53(47,48)49)7-11-27(29)35)5-9-25(17)26-10-6-22(14-18(26)2)38-40-32-20(4)42-44(34(32)46)30-16-24(54(50,51)52)8-12-28(30)36/h5-16,31-32H,1-4H3,(H,47,48,49)(H,50,51,52)/t31-,32-/m1/s1. The highest BCUT2D eigenvalue weighted by atomic mass is 35.5. The third kappa shape index (κ3) is 7.70. The summed E-state index contributed by atoms with van der Waals surface area (Å²) >= 11 is 12.4. The van der Waals surface area contributed by atoms with Crippen LogP contribution in [0.4, 0.5) is 22.7 Å². The molecular formula is C34H28Cl2N8O8S2. The summed E-state index contributed by atoms with van der Waals surface area (Å²) in [4.78, 5) is 25.5. The Hall–Kier alpha value is -5.24. The van der Waals surface area contributed by atoms with Gasteiger partial charge in [-0.3, -0.25) is 18.7 Å². The quantitative estimate of drug-likeness (QED) is 0.127. The fraction of sp³-hybridized carbons (Fsp3) is 0.176. The molecule has 0 fully saturated rings. The molecule has 20 heteroatoms. The van der Waals surface area contributed by atoms with Gasteiger partial charge in [0, 0.05) is 0 Å². The molecule has 4 aromatic rings. The number of carbonyl (C=O) groups excluding carboxylic acids is 2. The van der Waals surface area contributed by atoms with Gasteiger partial charge in [-0.25, -0.2) is 0 Å². The van der Waals surface area contributed by atoms with E-state index in [2.05, 4.69) is 30.7 Å². The first kappa shape index (κ1) is 38.5. The van der Waals surface area contributed by atoms with Crippen molar-refractivity contribution in [2.24, 2.45) is 30.7 Å². The molecule has 4 aromatic carbocycles. The molecule has 0 aromatic heterocycles. The van der Waals surface area contributed by atoms with Crippen LogP contribution in [0.2, 0.25) is 10.0 Å². The number of nitrogens with zero attached hydrogens (tertiary/aromatic N) is 8. The van der Waals surface area contributed by atoms with Crippen molar-refractivity contribution in [3.63, 3.8) is 0 Å². The molecule has 2 atom stereocenters. The molecule has 0 saturated carbocycles. The average Bonchev–Trinajstić information content (AvgIpc) is 3.54. The summed E-state index contributed by atoms with van der Waals surface area (Å²) in [6.07, 6.45) is 0. The molecule has 16 nitrogen and oxygen atoms in total. The Bertz CT molecular complexity index is 2430. The predicted octanol–water partition coefficient (Wildman–Crippen LogP) is 7.52. The van der Waals surface area contributed by atoms with Crippen molar-refractivity contribution in [3.8, 4) is 11.1 Å². The summed E-state index contributed by atoms with van der Waals surface area (Å²) < 4.78 is 65.4. The molecule has 2 aliphatic heterocycles. The van der Waals surface area contributed by atoms with Gasteiger partial charge in [0.1, 0.15) is 0 Å². The lowest BCUT2D eigenvalue weighted by Crippen LogP contribution is -2.30. The zero-order valence-corrected chi connectivity index (χ0v) is 31.7. The molecule has 0 aliphatic carbocycles. The highest BCUT2D eigenvalue weighted by Gasteiger charge is 2.37. The fourth-order valence-corrected chi connectivity index (χ4v) is 7.02. The molecule has 0 radical (unpaired) electrons. The summed E-state index contributed by atoms with van der Waals surface area (Å²) in [5.74, 6) is -1.22. The first-order chi connectivity index (χ1) is 25.3. The largest absolute Gasteiger partial charge is 0.294 e. The minimum Gasteiger partial charge on any atom is -0.282 e. The maximum Gasteiger partial charge on any atom is 0.294 e. The number of aryl methyl sites for hydroxylation is 2. The number of hydrogen-bond acceptors (Lipinski definition) is 12. The number of carbonyl (C=O) groups is 2. The van der Waals surface area contributed by atoms with Crippen LogP contribution in [0.3, 0.4) is 0 Å². The lowest BCUT2D eigenvalue weighted by molar-refractivity contribution is -0.118. The maximum absolute atomic E-state index is 13.2. The Morgan fingerprint density at radius 3 is 1.30 bits per heavy atom. The van der Waals surface area contributed by atoms with E-state index < -0.39 is 53.9 Å². The van der Waals surface area contributed by atoms with Crippen LogP contribution in [0.5, 0.6) is 0 Å². The number of hydrazone groups is 2. The number of amides is 2. The van der Waals surface area contributed by atoms with E-state index in [1.54, 1.807) is 38.1 Å². The zero-order valence-electron chi connectivity index (χ0n) is 28.6. The highest BCUT2D eigenvalue weighted by Crippen LogP contribution is 2.36. The summed E-state index contributed by atoms with van der Waals surface area (Å²) in [5, 5.41) is 27.2. The normalized spacial score (nSPS) is 18.0. The van der Waals surface area contributed by atoms with E-state index in [0.717, 1.165) is 56.5 Å². The second-order valence-corrected chi connectivity index (χ2v) is 15.9. The van der Waals surface area contributed by atoms with Gasteiger partial charge in [-0.1, -0.05) is 35.3 Å². The second kappa shape index (κ2) is 14.5. The van der Waals surface area contributed by atoms with Gasteiger partial charge in [0.2, 0.25) is 0 Å². The molecule has 0 bridgehead atoms. The number of rotatable bonds is 9. The molecule has 0 spiro atoms. The first-order valence-corrected chi connectivity index (χ1v) is 19.3. The van der Waals surface area contributed by atoms with Gasteiger partial charge in [0.15, 0.2) is 12.1 Å². The van der Waals surface area contributed by atoms with Crippen molar-refractivity contribution in [2.45, 2.75) is 49.6 Å². The number of benzene rings is 4. The molecule has 0 unspecified atom stereocenters. The molecule has 2 aliphatic rings. The summed E-state index contributed by atoms with van der Waals surface area (Å²) in [7, 11) is -9.11. The topological polar surface area (TPSA) is 224 Å². The van der Waals surface area contributed by atoms with Crippen molar-refractivity contribution in [3.05, 3.63) is 94.0 Å². The fourth-order valence-electron chi connectivity index (χ4n) is 5.63. The van der Waals surface area contributed by atoms with Crippen LogP contribution in [-0.2, 0) is 29.8 Å². The minimum atomic E-state index is -4.55. The maximum atomic E-state index is 13.2. The van der Waals surface area contributed by atoms with Crippen LogP contribution in [0, 0.1) is 13.8 Å². The van der Waals surface area contributed by atoms with Gasteiger partial charge in [-0.2, -0.15) is 57.5 Å². The van der Waals surface area contributed by atoms with E-state index in [9.17, 15) is 35.5 Å². The van der Waals surface area contributed by atoms with Crippen molar-refractivity contribution in [2.75, 3.05) is 10.0 Å². The Morgan fingerprint density at radius 2 is 0.963 bits per heavy atom. The van der Waals surface area contributed by atoms with E-state index in [1.165, 1.54) is 12.1 Å². The number of anilines is 2. The van der Waals surface area contributed by atoms with Gasteiger partial charge >= 0.3 is 0 Å². The number of azo groups is 2. The average molecular weight is 812 g/mol. The van der Waals surface area contributed by atoms with E-state index in [4.69, 9.17) is 23.2 Å². The third-order valence-corrected chi connectivity index (χ3v) is 10.7. The summed E-state index contributed by atoms with van der Waals surface area (Å²) in [6, 6.07) is 15.3. The van der Waals surface area contributed by atoms with Crippen molar-refractivity contribution < 1.29 is 35.5 Å². The van der Waals surface area contributed by atoms with E-state index in [-0.39, 0.29) is 21.4 Å². The molecular weight excluding hydrogens is 783 g/mol. The van der Waals surface area contributed by atoms with E-state index >= 15 is 0 Å². The van der Waals surface area contributed by atoms with Gasteiger partial charge in [-0.05, 0) is 111 Å². The second-order valence-electron chi connectivity index (χ2n) is 12.2. The SMILES string of the molecule is CC1=NN(c2cc(S(=O)(=O)O)ccc2Cl)C(=O)[C@@H]1N=Nc1ccc(-c2ccc(N=N[C@H]3C(=O)N(c4cc(S(=O)(=O)O)ccc4Cl)N=C3C)cc2C)c(C)c1. The number of hydrogen-bond donors (Lipinski definition) is 2. The van der Waals surface area contributed by atoms with Crippen LogP contribution in [0.15, 0.2) is 113 Å². The van der Waals surface area contributed by atoms with Crippen LogP contribution in [0.25, 0.3) is 11.1 Å². The van der Waals surface area contributed by atoms with Crippen LogP contribution >= 0.6 is 23.2 Å². The van der Waals surface area contributed by atoms with E-state index in [0.29, 0.717) is 22.8 Å². The van der Waals surface area contributed by atoms with Crippen LogP contribution in [-0.4, -0.2) is 61.3 Å². The van der Waals surface area contributed by atoms with Crippen LogP contribution in [0.1, 0.15) is 25.0 Å². The lowest BCUT2D eigenvalue weighted by atomic mass is 9.96. The summed E-state index contributed by atoms with van der Waals surface area (Å²) in [6.45, 7) is 6.92. The van der Waals surface area contributed by atoms with Crippen LogP contribution < -0.4 is 10.0 Å². The zero-order chi connectivity index (χ0) is 39.3. The third-order valence-electron chi connectivity index (χ3n) is 8.37. The molecule has 2 heterocycles. The van der Waals surface area contributed by atoms with Gasteiger partial charge in [-0.15, -0.1) is 0 Å². The molecule has 0 saturated heterocycles. The molecule has 54 heavy (non-hydrogen) atoms. The van der Waals surface area contributed by atoms with Crippen molar-refractivity contribution >= 4 is 89.4 Å². The molecule has 278 valence electrons. The number of halogens is 2. The van der Waals surface area contributed by atoms with Crippen molar-refractivity contribution in [1.29, 1.82) is 0 Å². The van der Waals surface area contributed by atoms with Gasteiger partial charge < -0.3 is 0 Å². The van der Waals surface area contributed by atoms with Gasteiger partial charge in [0.05, 0.1) is 54.0 Å². The molecule has 6 rings (SSSR count). The predicted molar refractivity (Wildman–Crippen MR) is 202 cm³/mol. The molecule has 2 amide bonds. The Balaban J connectivity index is 1.15. The smallest absolute Gasteiger partial charge is 0.282 e. The highest BCUT2D eigenvalue weighted by molar-refractivity contribution is 7.86. The Labute approximate surface area is 319 Å². The lowest BCUT2D eigenvalue weighted by Gasteiger charge is -2.15. The van der Waals surface area contributed by atoms with Crippen molar-refractivity contribution in [1.82, 2.24) is 0 Å².